The molecule has 4 heterocycles. The van der Waals surface area contributed by atoms with E-state index in [1.165, 1.54) is 15.6 Å². The van der Waals surface area contributed by atoms with Gasteiger partial charge in [-0.25, -0.2) is 13.4 Å². The highest BCUT2D eigenvalue weighted by atomic mass is 32.2. The van der Waals surface area contributed by atoms with Gasteiger partial charge in [0.25, 0.3) is 11.5 Å². The van der Waals surface area contributed by atoms with Gasteiger partial charge in [0.05, 0.1) is 15.2 Å². The zero-order valence-corrected chi connectivity index (χ0v) is 20.3. The van der Waals surface area contributed by atoms with Gasteiger partial charge in [0.2, 0.25) is 10.0 Å². The van der Waals surface area contributed by atoms with E-state index in [4.69, 9.17) is 0 Å². The molecule has 1 amide bonds. The average molecular weight is 487 g/mol. The Morgan fingerprint density at radius 3 is 2.52 bits per heavy atom. The maximum Gasteiger partial charge on any atom is 0.262 e. The van der Waals surface area contributed by atoms with E-state index in [1.807, 2.05) is 6.92 Å². The van der Waals surface area contributed by atoms with E-state index in [9.17, 15) is 18.0 Å². The summed E-state index contributed by atoms with van der Waals surface area (Å²) in [5, 5.41) is 3.58. The molecule has 0 aliphatic carbocycles. The highest BCUT2D eigenvalue weighted by molar-refractivity contribution is 7.89. The summed E-state index contributed by atoms with van der Waals surface area (Å²) in [6.07, 6.45) is 2.78. The van der Waals surface area contributed by atoms with Crippen LogP contribution in [-0.4, -0.2) is 47.3 Å². The quantitative estimate of drug-likeness (QED) is 0.611. The Hall–Kier alpha value is -2.56. The van der Waals surface area contributed by atoms with Crippen LogP contribution in [0.15, 0.2) is 34.0 Å². The molecular formula is C23H26N4O4S2. The van der Waals surface area contributed by atoms with Crippen LogP contribution in [0.2, 0.25) is 0 Å². The molecule has 2 aliphatic rings. The summed E-state index contributed by atoms with van der Waals surface area (Å²) in [4.78, 5) is 31.9. The summed E-state index contributed by atoms with van der Waals surface area (Å²) >= 11 is 1.26. The molecule has 1 N–H and O–H groups in total. The van der Waals surface area contributed by atoms with E-state index in [-0.39, 0.29) is 17.5 Å². The summed E-state index contributed by atoms with van der Waals surface area (Å²) in [6.45, 7) is 5.10. The first kappa shape index (κ1) is 22.2. The van der Waals surface area contributed by atoms with Gasteiger partial charge in [-0.05, 0) is 50.8 Å². The van der Waals surface area contributed by atoms with Crippen LogP contribution in [0.3, 0.4) is 0 Å². The molecule has 0 radical (unpaired) electrons. The first-order chi connectivity index (χ1) is 15.8. The molecule has 1 fully saturated rings. The first-order valence-corrected chi connectivity index (χ1v) is 13.4. The molecule has 1 aromatic carbocycles. The minimum absolute atomic E-state index is 0.0603. The first-order valence-electron chi connectivity index (χ1n) is 11.2. The second kappa shape index (κ2) is 8.34. The lowest BCUT2D eigenvalue weighted by Crippen LogP contribution is -2.46. The zero-order chi connectivity index (χ0) is 23.3. The summed E-state index contributed by atoms with van der Waals surface area (Å²) in [6, 6.07) is 6.74. The molecule has 3 aromatic rings. The fraction of sp³-hybridized carbons (Fsp3) is 0.435. The normalized spacial score (nSPS) is 17.4. The Bertz CT molecular complexity index is 1400. The lowest BCUT2D eigenvalue weighted by Gasteiger charge is -2.31. The predicted octanol–water partition coefficient (Wildman–Crippen LogP) is 2.60. The third-order valence-corrected chi connectivity index (χ3v) is 9.66. The predicted molar refractivity (Wildman–Crippen MR) is 127 cm³/mol. The Labute approximate surface area is 196 Å². The molecule has 33 heavy (non-hydrogen) atoms. The summed E-state index contributed by atoms with van der Waals surface area (Å²) in [5.41, 5.74) is 1.62. The van der Waals surface area contributed by atoms with Crippen molar-refractivity contribution in [3.8, 4) is 0 Å². The molecule has 0 spiro atoms. The van der Waals surface area contributed by atoms with Crippen molar-refractivity contribution in [2.24, 2.45) is 0 Å². The number of sulfonamides is 1. The SMILES string of the molecule is Cc1ccc(S(=O)(=O)N2CCC(NC(=O)c3sc4nc5n(c(=O)c4c3C)CCC5)CC2)cc1. The molecule has 174 valence electrons. The van der Waals surface area contributed by atoms with Gasteiger partial charge in [-0.1, -0.05) is 17.7 Å². The number of piperidine rings is 1. The number of hydrogen-bond donors (Lipinski definition) is 1. The third kappa shape index (κ3) is 3.89. The van der Waals surface area contributed by atoms with Gasteiger partial charge >= 0.3 is 0 Å². The molecule has 0 saturated carbocycles. The highest BCUT2D eigenvalue weighted by Crippen LogP contribution is 2.29. The van der Waals surface area contributed by atoms with Crippen molar-refractivity contribution in [2.45, 2.75) is 57.0 Å². The van der Waals surface area contributed by atoms with Crippen molar-refractivity contribution in [3.63, 3.8) is 0 Å². The lowest BCUT2D eigenvalue weighted by atomic mass is 10.1. The van der Waals surface area contributed by atoms with Gasteiger partial charge in [0.15, 0.2) is 0 Å². The number of aryl methyl sites for hydroxylation is 3. The molecule has 1 saturated heterocycles. The number of amides is 1. The molecule has 0 bridgehead atoms. The highest BCUT2D eigenvalue weighted by Gasteiger charge is 2.31. The molecule has 2 aliphatic heterocycles. The Morgan fingerprint density at radius 2 is 1.82 bits per heavy atom. The maximum absolute atomic E-state index is 13.0. The van der Waals surface area contributed by atoms with E-state index in [2.05, 4.69) is 10.3 Å². The van der Waals surface area contributed by atoms with Crippen molar-refractivity contribution in [1.29, 1.82) is 0 Å². The minimum atomic E-state index is -3.54. The largest absolute Gasteiger partial charge is 0.349 e. The van der Waals surface area contributed by atoms with Crippen LogP contribution >= 0.6 is 11.3 Å². The van der Waals surface area contributed by atoms with Crippen molar-refractivity contribution >= 4 is 37.5 Å². The minimum Gasteiger partial charge on any atom is -0.349 e. The number of rotatable bonds is 4. The van der Waals surface area contributed by atoms with Crippen molar-refractivity contribution in [2.75, 3.05) is 13.1 Å². The van der Waals surface area contributed by atoms with Crippen LogP contribution in [-0.2, 0) is 23.0 Å². The van der Waals surface area contributed by atoms with Gasteiger partial charge in [0.1, 0.15) is 10.7 Å². The summed E-state index contributed by atoms with van der Waals surface area (Å²) in [7, 11) is -3.54. The molecule has 2 aromatic heterocycles. The molecule has 0 atom stereocenters. The van der Waals surface area contributed by atoms with Crippen molar-refractivity contribution in [3.05, 3.63) is 56.4 Å². The van der Waals surface area contributed by atoms with Crippen LogP contribution in [0.4, 0.5) is 0 Å². The van der Waals surface area contributed by atoms with Gasteiger partial charge in [-0.2, -0.15) is 4.31 Å². The van der Waals surface area contributed by atoms with Gasteiger partial charge in [-0.15, -0.1) is 11.3 Å². The number of nitrogens with zero attached hydrogens (tertiary/aromatic N) is 3. The molecule has 10 heteroatoms. The van der Waals surface area contributed by atoms with E-state index < -0.39 is 10.0 Å². The number of nitrogens with one attached hydrogen (secondary N) is 1. The number of carbonyl (C=O) groups excluding carboxylic acids is 1. The van der Waals surface area contributed by atoms with Crippen molar-refractivity contribution in [1.82, 2.24) is 19.2 Å². The lowest BCUT2D eigenvalue weighted by molar-refractivity contribution is 0.0927. The van der Waals surface area contributed by atoms with Gasteiger partial charge in [0, 0.05) is 32.1 Å². The number of aromatic nitrogens is 2. The standard InChI is InChI=1S/C23H26N4O4S2/c1-14-5-7-17(8-6-14)33(30,31)26-12-9-16(10-13-26)24-21(28)20-15(2)19-22(32-20)25-18-4-3-11-27(18)23(19)29/h5-8,16H,3-4,9-13H2,1-2H3,(H,24,28). The fourth-order valence-corrected chi connectivity index (χ4v) is 7.21. The van der Waals surface area contributed by atoms with E-state index in [0.29, 0.717) is 58.0 Å². The van der Waals surface area contributed by atoms with Gasteiger partial charge < -0.3 is 5.32 Å². The number of benzene rings is 1. The van der Waals surface area contributed by atoms with Crippen LogP contribution in [0.25, 0.3) is 10.2 Å². The Morgan fingerprint density at radius 1 is 1.12 bits per heavy atom. The molecule has 8 nitrogen and oxygen atoms in total. The molecule has 5 rings (SSSR count). The van der Waals surface area contributed by atoms with Crippen LogP contribution in [0.5, 0.6) is 0 Å². The van der Waals surface area contributed by atoms with Crippen LogP contribution in [0.1, 0.15) is 45.9 Å². The number of hydrogen-bond acceptors (Lipinski definition) is 6. The monoisotopic (exact) mass is 486 g/mol. The average Bonchev–Trinajstić information content (AvgIpc) is 3.39. The fourth-order valence-electron chi connectivity index (χ4n) is 4.64. The Kier molecular flexibility index (Phi) is 5.62. The zero-order valence-electron chi connectivity index (χ0n) is 18.6. The number of carbonyl (C=O) groups is 1. The molecular weight excluding hydrogens is 460 g/mol. The van der Waals surface area contributed by atoms with E-state index >= 15 is 0 Å². The van der Waals surface area contributed by atoms with E-state index in [1.54, 1.807) is 35.8 Å². The number of thiophene rings is 1. The van der Waals surface area contributed by atoms with Crippen LogP contribution in [0, 0.1) is 13.8 Å². The second-order valence-corrected chi connectivity index (χ2v) is 11.7. The van der Waals surface area contributed by atoms with Gasteiger partial charge in [-0.3, -0.25) is 14.2 Å². The molecule has 0 unspecified atom stereocenters. The Balaban J connectivity index is 1.29. The smallest absolute Gasteiger partial charge is 0.262 e. The topological polar surface area (TPSA) is 101 Å². The second-order valence-electron chi connectivity index (χ2n) is 8.79. The summed E-state index contributed by atoms with van der Waals surface area (Å²) < 4.78 is 29.0. The number of fused-ring (bicyclic) bond motifs is 2. The maximum atomic E-state index is 13.0. The van der Waals surface area contributed by atoms with E-state index in [0.717, 1.165) is 24.2 Å². The third-order valence-electron chi connectivity index (χ3n) is 6.57. The van der Waals surface area contributed by atoms with Crippen LogP contribution < -0.4 is 10.9 Å². The van der Waals surface area contributed by atoms with Crippen molar-refractivity contribution < 1.29 is 13.2 Å². The summed E-state index contributed by atoms with van der Waals surface area (Å²) in [5.74, 6) is 0.572.